The zero-order chi connectivity index (χ0) is 22.4. The molecule has 0 aliphatic carbocycles. The Morgan fingerprint density at radius 3 is 2.55 bits per heavy atom. The van der Waals surface area contributed by atoms with Crippen molar-refractivity contribution in [1.82, 2.24) is 24.7 Å². The third kappa shape index (κ3) is 3.85. The highest BCUT2D eigenvalue weighted by atomic mass is 35.5. The first-order valence-corrected chi connectivity index (χ1v) is 12.5. The Bertz CT molecular complexity index is 1300. The van der Waals surface area contributed by atoms with Crippen molar-refractivity contribution < 1.29 is 0 Å². The van der Waals surface area contributed by atoms with Gasteiger partial charge in [0.1, 0.15) is 11.5 Å². The molecule has 4 aromatic rings. The van der Waals surface area contributed by atoms with E-state index >= 15 is 0 Å². The lowest BCUT2D eigenvalue weighted by Gasteiger charge is -2.40. The number of hydrogen-bond acceptors (Lipinski definition) is 5. The van der Waals surface area contributed by atoms with Crippen LogP contribution in [0.4, 0.5) is 5.82 Å². The van der Waals surface area contributed by atoms with E-state index in [1.165, 1.54) is 50.8 Å². The van der Waals surface area contributed by atoms with Gasteiger partial charge in [0.25, 0.3) is 0 Å². The van der Waals surface area contributed by atoms with Crippen LogP contribution in [0.2, 0.25) is 5.02 Å². The number of nitrogens with zero attached hydrogens (tertiary/aromatic N) is 6. The van der Waals surface area contributed by atoms with Gasteiger partial charge in [0.2, 0.25) is 0 Å². The van der Waals surface area contributed by atoms with Crippen LogP contribution in [0.1, 0.15) is 37.7 Å². The van der Waals surface area contributed by atoms with Crippen LogP contribution in [0.25, 0.3) is 27.8 Å². The molecule has 0 radical (unpaired) electrons. The molecular weight excluding hydrogens is 432 g/mol. The Labute approximate surface area is 199 Å². The second-order valence-corrected chi connectivity index (χ2v) is 9.89. The van der Waals surface area contributed by atoms with Gasteiger partial charge in [-0.3, -0.25) is 0 Å². The van der Waals surface area contributed by atoms with E-state index in [0.717, 1.165) is 46.7 Å². The highest BCUT2D eigenvalue weighted by Crippen LogP contribution is 2.33. The van der Waals surface area contributed by atoms with Crippen LogP contribution in [0.3, 0.4) is 0 Å². The Morgan fingerprint density at radius 2 is 1.76 bits per heavy atom. The van der Waals surface area contributed by atoms with Crippen LogP contribution in [0.15, 0.2) is 42.5 Å². The quantitative estimate of drug-likeness (QED) is 0.412. The summed E-state index contributed by atoms with van der Waals surface area (Å²) in [6, 6.07) is 15.0. The summed E-state index contributed by atoms with van der Waals surface area (Å²) >= 11 is 6.43. The maximum absolute atomic E-state index is 6.43. The van der Waals surface area contributed by atoms with Crippen LogP contribution in [-0.2, 0) is 0 Å². The van der Waals surface area contributed by atoms with E-state index in [4.69, 9.17) is 16.6 Å². The summed E-state index contributed by atoms with van der Waals surface area (Å²) in [5.74, 6) is 0.994. The molecule has 0 N–H and O–H groups in total. The third-order valence-corrected chi connectivity index (χ3v) is 7.48. The summed E-state index contributed by atoms with van der Waals surface area (Å²) in [6.07, 6.45) is 6.43. The second-order valence-electron chi connectivity index (χ2n) is 9.45. The fourth-order valence-corrected chi connectivity index (χ4v) is 5.69. The minimum absolute atomic E-state index is 0.694. The second kappa shape index (κ2) is 8.58. The van der Waals surface area contributed by atoms with Crippen molar-refractivity contribution in [2.75, 3.05) is 31.1 Å². The average Bonchev–Trinajstić information content (AvgIpc) is 3.28. The maximum Gasteiger partial charge on any atom is 0.186 e. The van der Waals surface area contributed by atoms with Gasteiger partial charge in [-0.25, -0.2) is 4.98 Å². The van der Waals surface area contributed by atoms with E-state index in [-0.39, 0.29) is 0 Å². The van der Waals surface area contributed by atoms with Crippen LogP contribution in [0.5, 0.6) is 0 Å². The minimum Gasteiger partial charge on any atom is -0.356 e. The van der Waals surface area contributed by atoms with Crippen molar-refractivity contribution in [2.24, 2.45) is 0 Å². The smallest absolute Gasteiger partial charge is 0.186 e. The van der Waals surface area contributed by atoms with E-state index in [0.29, 0.717) is 11.1 Å². The number of rotatable bonds is 3. The number of aromatic nitrogens is 4. The Hall–Kier alpha value is -2.70. The SMILES string of the molecule is Cc1cccc(-c2nnn3c2nc(N2CCC(N4CCCCC4)CC2)c2cc(Cl)ccc23)c1. The first-order valence-electron chi connectivity index (χ1n) is 12.1. The van der Waals surface area contributed by atoms with Gasteiger partial charge in [0.15, 0.2) is 5.65 Å². The molecule has 0 bridgehead atoms. The predicted octanol–water partition coefficient (Wildman–Crippen LogP) is 5.36. The highest BCUT2D eigenvalue weighted by molar-refractivity contribution is 6.31. The summed E-state index contributed by atoms with van der Waals surface area (Å²) in [7, 11) is 0. The third-order valence-electron chi connectivity index (χ3n) is 7.25. The van der Waals surface area contributed by atoms with Crippen LogP contribution >= 0.6 is 11.6 Å². The maximum atomic E-state index is 6.43. The van der Waals surface area contributed by atoms with Gasteiger partial charge < -0.3 is 9.80 Å². The molecule has 0 atom stereocenters. The lowest BCUT2D eigenvalue weighted by atomic mass is 9.99. The molecule has 7 heteroatoms. The van der Waals surface area contributed by atoms with Crippen molar-refractivity contribution in [1.29, 1.82) is 0 Å². The zero-order valence-corrected chi connectivity index (χ0v) is 19.8. The summed E-state index contributed by atoms with van der Waals surface area (Å²) in [5.41, 5.74) is 4.84. The number of piperidine rings is 2. The van der Waals surface area contributed by atoms with E-state index in [2.05, 4.69) is 51.3 Å². The minimum atomic E-state index is 0.694. The molecule has 0 saturated carbocycles. The first kappa shape index (κ1) is 20.9. The van der Waals surface area contributed by atoms with Gasteiger partial charge in [-0.15, -0.1) is 5.10 Å². The lowest BCUT2D eigenvalue weighted by Crippen LogP contribution is -2.47. The van der Waals surface area contributed by atoms with Crippen molar-refractivity contribution in [3.8, 4) is 11.3 Å². The first-order chi connectivity index (χ1) is 16.2. The topological polar surface area (TPSA) is 49.6 Å². The monoisotopic (exact) mass is 460 g/mol. The molecule has 0 amide bonds. The number of likely N-dealkylation sites (tertiary alicyclic amines) is 1. The Kier molecular flexibility index (Phi) is 5.43. The molecule has 6 rings (SSSR count). The molecule has 0 unspecified atom stereocenters. The van der Waals surface area contributed by atoms with Crippen molar-refractivity contribution >= 4 is 34.0 Å². The Balaban J connectivity index is 1.41. The zero-order valence-electron chi connectivity index (χ0n) is 19.0. The normalized spacial score (nSPS) is 18.4. The standard InChI is InChI=1S/C26H29ClN6/c1-18-6-5-7-19(16-18)24-26-28-25(22-17-20(27)8-9-23(22)33(26)30-29-24)32-14-10-21(11-15-32)31-12-3-2-4-13-31/h5-9,16-17,21H,2-4,10-15H2,1H3. The summed E-state index contributed by atoms with van der Waals surface area (Å²) in [6.45, 7) is 6.63. The highest BCUT2D eigenvalue weighted by Gasteiger charge is 2.28. The molecule has 2 fully saturated rings. The summed E-state index contributed by atoms with van der Waals surface area (Å²) in [4.78, 5) is 10.3. The van der Waals surface area contributed by atoms with Crippen LogP contribution < -0.4 is 4.90 Å². The van der Waals surface area contributed by atoms with E-state index < -0.39 is 0 Å². The molecule has 4 heterocycles. The van der Waals surface area contributed by atoms with Gasteiger partial charge in [-0.1, -0.05) is 47.0 Å². The number of benzene rings is 2. The summed E-state index contributed by atoms with van der Waals surface area (Å²) < 4.78 is 1.85. The fourth-order valence-electron chi connectivity index (χ4n) is 5.52. The van der Waals surface area contributed by atoms with Gasteiger partial charge in [-0.05, 0) is 70.0 Å². The number of halogens is 1. The fraction of sp³-hybridized carbons (Fsp3) is 0.423. The number of aryl methyl sites for hydroxylation is 1. The van der Waals surface area contributed by atoms with Crippen molar-refractivity contribution in [2.45, 2.75) is 45.1 Å². The van der Waals surface area contributed by atoms with Gasteiger partial charge in [-0.2, -0.15) is 4.52 Å². The molecule has 6 nitrogen and oxygen atoms in total. The lowest BCUT2D eigenvalue weighted by molar-refractivity contribution is 0.141. The Morgan fingerprint density at radius 1 is 0.939 bits per heavy atom. The molecule has 2 aromatic carbocycles. The van der Waals surface area contributed by atoms with Gasteiger partial charge in [0, 0.05) is 35.1 Å². The number of hydrogen-bond donors (Lipinski definition) is 0. The number of fused-ring (bicyclic) bond motifs is 3. The molecule has 2 aromatic heterocycles. The van der Waals surface area contributed by atoms with Crippen molar-refractivity contribution in [3.05, 3.63) is 53.1 Å². The van der Waals surface area contributed by atoms with E-state index in [1.807, 2.05) is 22.7 Å². The molecule has 33 heavy (non-hydrogen) atoms. The average molecular weight is 461 g/mol. The van der Waals surface area contributed by atoms with Gasteiger partial charge >= 0.3 is 0 Å². The molecular formula is C26H29ClN6. The van der Waals surface area contributed by atoms with Gasteiger partial charge in [0.05, 0.1) is 5.52 Å². The summed E-state index contributed by atoms with van der Waals surface area (Å²) in [5, 5.41) is 10.8. The number of anilines is 1. The molecule has 2 aliphatic heterocycles. The van der Waals surface area contributed by atoms with Crippen LogP contribution in [-0.4, -0.2) is 56.9 Å². The van der Waals surface area contributed by atoms with E-state index in [1.54, 1.807) is 0 Å². The molecule has 2 aliphatic rings. The van der Waals surface area contributed by atoms with Crippen LogP contribution in [0, 0.1) is 6.92 Å². The van der Waals surface area contributed by atoms with Crippen molar-refractivity contribution in [3.63, 3.8) is 0 Å². The largest absolute Gasteiger partial charge is 0.356 e. The molecule has 0 spiro atoms. The predicted molar refractivity (Wildman–Crippen MR) is 134 cm³/mol. The van der Waals surface area contributed by atoms with E-state index in [9.17, 15) is 0 Å². The molecule has 2 saturated heterocycles. The molecule has 170 valence electrons.